The number of aliphatic carboxylic acids is 1. The van der Waals surface area contributed by atoms with Gasteiger partial charge in [0.15, 0.2) is 6.04 Å². The van der Waals surface area contributed by atoms with E-state index >= 15 is 0 Å². The fourth-order valence-corrected chi connectivity index (χ4v) is 2.09. The number of hydrogen-bond acceptors (Lipinski definition) is 4. The maximum Gasteiger partial charge on any atom is 0.408 e. The molecular formula is C17H16FNO5. The van der Waals surface area contributed by atoms with Gasteiger partial charge in [-0.3, -0.25) is 0 Å². The van der Waals surface area contributed by atoms with Crippen molar-refractivity contribution < 1.29 is 28.6 Å². The quantitative estimate of drug-likeness (QED) is 0.849. The lowest BCUT2D eigenvalue weighted by Gasteiger charge is -2.17. The van der Waals surface area contributed by atoms with Crippen LogP contribution in [0.15, 0.2) is 48.5 Å². The standard InChI is InChI=1S/C17H16FNO5/c1-23-14-8-7-12(18)9-13(14)15(16(20)21)19-17(22)24-10-11-5-3-2-4-6-11/h2-9,15H,10H2,1H3,(H,19,22)(H,20,21). The van der Waals surface area contributed by atoms with Crippen molar-refractivity contribution in [1.29, 1.82) is 0 Å². The first-order valence-electron chi connectivity index (χ1n) is 7.04. The zero-order valence-corrected chi connectivity index (χ0v) is 12.9. The second-order valence-electron chi connectivity index (χ2n) is 4.86. The van der Waals surface area contributed by atoms with Gasteiger partial charge < -0.3 is 19.9 Å². The Morgan fingerprint density at radius 1 is 1.21 bits per heavy atom. The number of benzene rings is 2. The van der Waals surface area contributed by atoms with Crippen molar-refractivity contribution in [3.63, 3.8) is 0 Å². The Morgan fingerprint density at radius 2 is 1.92 bits per heavy atom. The largest absolute Gasteiger partial charge is 0.496 e. The number of halogens is 1. The monoisotopic (exact) mass is 333 g/mol. The van der Waals surface area contributed by atoms with E-state index in [9.17, 15) is 19.1 Å². The minimum Gasteiger partial charge on any atom is -0.496 e. The van der Waals surface area contributed by atoms with E-state index in [0.29, 0.717) is 0 Å². The molecule has 126 valence electrons. The average Bonchev–Trinajstić information content (AvgIpc) is 2.58. The number of amides is 1. The lowest BCUT2D eigenvalue weighted by atomic mass is 10.1. The molecule has 1 unspecified atom stereocenters. The maximum atomic E-state index is 13.4. The number of carboxylic acids is 1. The third-order valence-corrected chi connectivity index (χ3v) is 3.22. The van der Waals surface area contributed by atoms with Gasteiger partial charge in [0.2, 0.25) is 0 Å². The van der Waals surface area contributed by atoms with Gasteiger partial charge >= 0.3 is 12.1 Å². The molecule has 2 N–H and O–H groups in total. The zero-order valence-electron chi connectivity index (χ0n) is 12.9. The van der Waals surface area contributed by atoms with Crippen LogP contribution in [-0.2, 0) is 16.1 Å². The number of rotatable bonds is 6. The van der Waals surface area contributed by atoms with Crippen molar-refractivity contribution >= 4 is 12.1 Å². The summed E-state index contributed by atoms with van der Waals surface area (Å²) in [6, 6.07) is 10.8. The van der Waals surface area contributed by atoms with Crippen molar-refractivity contribution in [3.8, 4) is 5.75 Å². The fraction of sp³-hybridized carbons (Fsp3) is 0.176. The van der Waals surface area contributed by atoms with Crippen molar-refractivity contribution in [2.45, 2.75) is 12.6 Å². The molecule has 0 heterocycles. The molecule has 0 saturated heterocycles. The third kappa shape index (κ3) is 4.45. The number of hydrogen-bond donors (Lipinski definition) is 2. The van der Waals surface area contributed by atoms with Crippen LogP contribution in [0.5, 0.6) is 5.75 Å². The predicted molar refractivity (Wildman–Crippen MR) is 83.1 cm³/mol. The first-order valence-corrected chi connectivity index (χ1v) is 7.04. The molecule has 2 aromatic carbocycles. The number of ether oxygens (including phenoxy) is 2. The van der Waals surface area contributed by atoms with Crippen molar-refractivity contribution in [2.24, 2.45) is 0 Å². The van der Waals surface area contributed by atoms with Crippen LogP contribution in [0.4, 0.5) is 9.18 Å². The summed E-state index contributed by atoms with van der Waals surface area (Å²) in [4.78, 5) is 23.3. The van der Waals surface area contributed by atoms with E-state index in [1.807, 2.05) is 6.07 Å². The number of carboxylic acid groups (broad SMARTS) is 1. The average molecular weight is 333 g/mol. The van der Waals surface area contributed by atoms with Gasteiger partial charge in [0.25, 0.3) is 0 Å². The van der Waals surface area contributed by atoms with Crippen LogP contribution in [0.1, 0.15) is 17.2 Å². The summed E-state index contributed by atoms with van der Waals surface area (Å²) in [7, 11) is 1.32. The minimum atomic E-state index is -1.50. The first-order chi connectivity index (χ1) is 11.5. The summed E-state index contributed by atoms with van der Waals surface area (Å²) in [6.07, 6.45) is -0.933. The number of carbonyl (C=O) groups is 2. The number of carbonyl (C=O) groups excluding carboxylic acids is 1. The zero-order chi connectivity index (χ0) is 17.5. The van der Waals surface area contributed by atoms with E-state index in [0.717, 1.165) is 17.7 Å². The topological polar surface area (TPSA) is 84.9 Å². The summed E-state index contributed by atoms with van der Waals surface area (Å²) in [5, 5.41) is 11.5. The van der Waals surface area contributed by atoms with Gasteiger partial charge in [-0.25, -0.2) is 14.0 Å². The van der Waals surface area contributed by atoms with Crippen LogP contribution in [-0.4, -0.2) is 24.3 Å². The van der Waals surface area contributed by atoms with Gasteiger partial charge in [-0.1, -0.05) is 30.3 Å². The van der Waals surface area contributed by atoms with Crippen LogP contribution < -0.4 is 10.1 Å². The van der Waals surface area contributed by atoms with Crippen LogP contribution >= 0.6 is 0 Å². The van der Waals surface area contributed by atoms with E-state index in [2.05, 4.69) is 5.32 Å². The lowest BCUT2D eigenvalue weighted by Crippen LogP contribution is -2.34. The van der Waals surface area contributed by atoms with Crippen LogP contribution in [0, 0.1) is 5.82 Å². The molecule has 0 radical (unpaired) electrons. The minimum absolute atomic E-state index is 0.0124. The highest BCUT2D eigenvalue weighted by atomic mass is 19.1. The second kappa shape index (κ2) is 7.96. The molecule has 24 heavy (non-hydrogen) atoms. The fourth-order valence-electron chi connectivity index (χ4n) is 2.09. The Bertz CT molecular complexity index is 720. The number of alkyl carbamates (subject to hydrolysis) is 1. The molecule has 0 aliphatic rings. The van der Waals surface area contributed by atoms with Crippen molar-refractivity contribution in [3.05, 3.63) is 65.5 Å². The smallest absolute Gasteiger partial charge is 0.408 e. The highest BCUT2D eigenvalue weighted by Gasteiger charge is 2.26. The molecule has 0 spiro atoms. The predicted octanol–water partition coefficient (Wildman–Crippen LogP) is 2.89. The Kier molecular flexibility index (Phi) is 5.73. The van der Waals surface area contributed by atoms with Gasteiger partial charge in [-0.15, -0.1) is 0 Å². The first kappa shape index (κ1) is 17.3. The maximum absolute atomic E-state index is 13.4. The molecular weight excluding hydrogens is 317 g/mol. The molecule has 0 fully saturated rings. The Morgan fingerprint density at radius 3 is 2.54 bits per heavy atom. The molecule has 0 aliphatic carbocycles. The number of methoxy groups -OCH3 is 1. The molecule has 0 aliphatic heterocycles. The van der Waals surface area contributed by atoms with E-state index in [1.54, 1.807) is 24.3 Å². The Balaban J connectivity index is 2.10. The molecule has 2 aromatic rings. The Labute approximate surface area is 137 Å². The van der Waals surface area contributed by atoms with Gasteiger partial charge in [0, 0.05) is 5.56 Å². The normalized spacial score (nSPS) is 11.4. The summed E-state index contributed by atoms with van der Waals surface area (Å²) >= 11 is 0. The summed E-state index contributed by atoms with van der Waals surface area (Å²) in [5.41, 5.74) is 0.740. The summed E-state index contributed by atoms with van der Waals surface area (Å²) in [5.74, 6) is -1.86. The van der Waals surface area contributed by atoms with Gasteiger partial charge in [0.05, 0.1) is 7.11 Å². The molecule has 0 saturated carbocycles. The highest BCUT2D eigenvalue weighted by Crippen LogP contribution is 2.26. The third-order valence-electron chi connectivity index (χ3n) is 3.22. The molecule has 0 bridgehead atoms. The summed E-state index contributed by atoms with van der Waals surface area (Å²) < 4.78 is 23.4. The molecule has 6 nitrogen and oxygen atoms in total. The van der Waals surface area contributed by atoms with Crippen LogP contribution in [0.3, 0.4) is 0 Å². The molecule has 1 amide bonds. The summed E-state index contributed by atoms with van der Waals surface area (Å²) in [6.45, 7) is -0.0146. The van der Waals surface area contributed by atoms with E-state index in [-0.39, 0.29) is 17.9 Å². The lowest BCUT2D eigenvalue weighted by molar-refractivity contribution is -0.139. The van der Waals surface area contributed by atoms with E-state index in [4.69, 9.17) is 9.47 Å². The van der Waals surface area contributed by atoms with E-state index in [1.165, 1.54) is 13.2 Å². The molecule has 2 rings (SSSR count). The number of nitrogens with one attached hydrogen (secondary N) is 1. The van der Waals surface area contributed by atoms with E-state index < -0.39 is 23.9 Å². The van der Waals surface area contributed by atoms with Gasteiger partial charge in [-0.2, -0.15) is 0 Å². The van der Waals surface area contributed by atoms with Crippen LogP contribution in [0.25, 0.3) is 0 Å². The van der Waals surface area contributed by atoms with Gasteiger partial charge in [-0.05, 0) is 23.8 Å². The molecule has 0 aromatic heterocycles. The van der Waals surface area contributed by atoms with Crippen LogP contribution in [0.2, 0.25) is 0 Å². The molecule has 1 atom stereocenters. The Hall–Kier alpha value is -3.09. The van der Waals surface area contributed by atoms with Gasteiger partial charge in [0.1, 0.15) is 18.2 Å². The highest BCUT2D eigenvalue weighted by molar-refractivity contribution is 5.82. The van der Waals surface area contributed by atoms with Crippen molar-refractivity contribution in [2.75, 3.05) is 7.11 Å². The SMILES string of the molecule is COc1ccc(F)cc1C(NC(=O)OCc1ccccc1)C(=O)O. The molecule has 7 heteroatoms. The second-order valence-corrected chi connectivity index (χ2v) is 4.86. The van der Waals surface area contributed by atoms with Crippen molar-refractivity contribution in [1.82, 2.24) is 5.32 Å².